The van der Waals surface area contributed by atoms with E-state index >= 15 is 0 Å². The first-order chi connectivity index (χ1) is 11.7. The molecule has 142 valence electrons. The molecule has 1 saturated heterocycles. The van der Waals surface area contributed by atoms with Crippen molar-refractivity contribution in [1.82, 2.24) is 0 Å². The third-order valence-corrected chi connectivity index (χ3v) is 4.53. The van der Waals surface area contributed by atoms with Crippen molar-refractivity contribution in [1.29, 1.82) is 0 Å². The van der Waals surface area contributed by atoms with E-state index in [2.05, 4.69) is 13.0 Å². The molecule has 0 aromatic carbocycles. The Kier molecular flexibility index (Phi) is 12.4. The van der Waals surface area contributed by atoms with E-state index in [9.17, 15) is 10.2 Å². The van der Waals surface area contributed by atoms with Gasteiger partial charge in [-0.2, -0.15) is 0 Å². The van der Waals surface area contributed by atoms with Crippen LogP contribution in [0.1, 0.15) is 64.7 Å². The van der Waals surface area contributed by atoms with Gasteiger partial charge in [-0.25, -0.2) is 0 Å². The predicted molar refractivity (Wildman–Crippen MR) is 94.9 cm³/mol. The van der Waals surface area contributed by atoms with Crippen molar-refractivity contribution in [2.75, 3.05) is 19.8 Å². The van der Waals surface area contributed by atoms with Crippen molar-refractivity contribution in [2.24, 2.45) is 0 Å². The van der Waals surface area contributed by atoms with Gasteiger partial charge in [-0.15, -0.1) is 0 Å². The van der Waals surface area contributed by atoms with Crippen LogP contribution in [-0.4, -0.2) is 59.6 Å². The Morgan fingerprint density at radius 1 is 1.08 bits per heavy atom. The molecule has 0 spiro atoms. The summed E-state index contributed by atoms with van der Waals surface area (Å²) in [5.74, 6) is 0. The number of rotatable bonds is 14. The molecule has 0 aliphatic carbocycles. The molecule has 0 saturated carbocycles. The fourth-order valence-corrected chi connectivity index (χ4v) is 2.97. The molecule has 24 heavy (non-hydrogen) atoms. The van der Waals surface area contributed by atoms with Gasteiger partial charge >= 0.3 is 0 Å². The second kappa shape index (κ2) is 13.8. The van der Waals surface area contributed by atoms with E-state index in [0.717, 1.165) is 6.42 Å². The van der Waals surface area contributed by atoms with Crippen molar-refractivity contribution in [2.45, 2.75) is 89.1 Å². The monoisotopic (exact) mass is 344 g/mol. The Morgan fingerprint density at radius 3 is 2.42 bits per heavy atom. The van der Waals surface area contributed by atoms with Crippen molar-refractivity contribution >= 4 is 0 Å². The summed E-state index contributed by atoms with van der Waals surface area (Å²) < 4.78 is 10.8. The standard InChI is InChI=1S/C19H36O5/c1-2-3-4-5-6-7-8-9-10-11-12-13-23-17-15-24-19(18(17)22)16(21)14-20/h11-12,16-22H,2-10,13-15H2,1H3/b12-11+/t16-,17+,18+,19+/m1/s1. The van der Waals surface area contributed by atoms with Crippen LogP contribution in [0.4, 0.5) is 0 Å². The average molecular weight is 344 g/mol. The van der Waals surface area contributed by atoms with Crippen LogP contribution in [0, 0.1) is 0 Å². The summed E-state index contributed by atoms with van der Waals surface area (Å²) >= 11 is 0. The second-order valence-corrected chi connectivity index (χ2v) is 6.65. The average Bonchev–Trinajstić information content (AvgIpc) is 2.96. The van der Waals surface area contributed by atoms with E-state index < -0.39 is 31.0 Å². The van der Waals surface area contributed by atoms with Crippen LogP contribution in [0.15, 0.2) is 12.2 Å². The maximum absolute atomic E-state index is 9.98. The molecular weight excluding hydrogens is 308 g/mol. The van der Waals surface area contributed by atoms with Crippen molar-refractivity contribution in [3.63, 3.8) is 0 Å². The van der Waals surface area contributed by atoms with Crippen LogP contribution in [0.25, 0.3) is 0 Å². The third-order valence-electron chi connectivity index (χ3n) is 4.53. The zero-order valence-electron chi connectivity index (χ0n) is 15.1. The Hall–Kier alpha value is -0.460. The first-order valence-electron chi connectivity index (χ1n) is 9.55. The van der Waals surface area contributed by atoms with Crippen LogP contribution in [0.5, 0.6) is 0 Å². The van der Waals surface area contributed by atoms with Gasteiger partial charge in [-0.3, -0.25) is 0 Å². The molecular formula is C19H36O5. The molecule has 1 heterocycles. The molecule has 5 nitrogen and oxygen atoms in total. The Morgan fingerprint density at radius 2 is 1.75 bits per heavy atom. The van der Waals surface area contributed by atoms with E-state index in [1.165, 1.54) is 51.4 Å². The molecule has 0 amide bonds. The Balaban J connectivity index is 1.97. The van der Waals surface area contributed by atoms with E-state index in [-0.39, 0.29) is 6.61 Å². The zero-order chi connectivity index (χ0) is 17.6. The lowest BCUT2D eigenvalue weighted by molar-refractivity contribution is -0.0716. The normalized spacial score (nSPS) is 25.6. The number of aliphatic hydroxyl groups excluding tert-OH is 3. The van der Waals surface area contributed by atoms with E-state index in [1.54, 1.807) is 0 Å². The van der Waals surface area contributed by atoms with Crippen LogP contribution in [-0.2, 0) is 9.47 Å². The fourth-order valence-electron chi connectivity index (χ4n) is 2.97. The van der Waals surface area contributed by atoms with Gasteiger partial charge in [0.1, 0.15) is 24.4 Å². The molecule has 0 aromatic rings. The number of hydrogen-bond acceptors (Lipinski definition) is 5. The van der Waals surface area contributed by atoms with Gasteiger partial charge in [0.25, 0.3) is 0 Å². The lowest BCUT2D eigenvalue weighted by atomic mass is 10.1. The minimum atomic E-state index is -1.06. The first-order valence-corrected chi connectivity index (χ1v) is 9.55. The summed E-state index contributed by atoms with van der Waals surface area (Å²) in [5, 5.41) is 28.4. The summed E-state index contributed by atoms with van der Waals surface area (Å²) in [6.07, 6.45) is 12.6. The third kappa shape index (κ3) is 8.58. The molecule has 0 unspecified atom stereocenters. The number of allylic oxidation sites excluding steroid dienone is 1. The van der Waals surface area contributed by atoms with Crippen molar-refractivity contribution in [3.8, 4) is 0 Å². The van der Waals surface area contributed by atoms with E-state index in [1.807, 2.05) is 6.08 Å². The van der Waals surface area contributed by atoms with E-state index in [0.29, 0.717) is 6.61 Å². The first kappa shape index (κ1) is 21.6. The molecule has 1 aliphatic heterocycles. The SMILES string of the molecule is CCCCCCCCCC/C=C/CO[C@H]1CO[C@@H]([C@H](O)CO)[C@H]1O. The van der Waals surface area contributed by atoms with Gasteiger partial charge in [-0.05, 0) is 12.8 Å². The minimum Gasteiger partial charge on any atom is -0.394 e. The molecule has 3 N–H and O–H groups in total. The predicted octanol–water partition coefficient (Wildman–Crippen LogP) is 2.57. The smallest absolute Gasteiger partial charge is 0.114 e. The van der Waals surface area contributed by atoms with Crippen molar-refractivity contribution < 1.29 is 24.8 Å². The Labute approximate surface area is 146 Å². The zero-order valence-corrected chi connectivity index (χ0v) is 15.1. The van der Waals surface area contributed by atoms with Gasteiger partial charge in [0.15, 0.2) is 0 Å². The molecule has 0 radical (unpaired) electrons. The molecule has 1 aliphatic rings. The number of hydrogen-bond donors (Lipinski definition) is 3. The molecule has 1 rings (SSSR count). The highest BCUT2D eigenvalue weighted by Gasteiger charge is 2.40. The van der Waals surface area contributed by atoms with Crippen molar-refractivity contribution in [3.05, 3.63) is 12.2 Å². The van der Waals surface area contributed by atoms with Crippen LogP contribution in [0.2, 0.25) is 0 Å². The molecule has 5 heteroatoms. The van der Waals surface area contributed by atoms with E-state index in [4.69, 9.17) is 14.6 Å². The van der Waals surface area contributed by atoms with Gasteiger partial charge in [-0.1, -0.05) is 64.0 Å². The van der Waals surface area contributed by atoms with Gasteiger partial charge < -0.3 is 24.8 Å². The molecule has 0 aromatic heterocycles. The molecule has 0 bridgehead atoms. The van der Waals surface area contributed by atoms with Gasteiger partial charge in [0, 0.05) is 0 Å². The fraction of sp³-hybridized carbons (Fsp3) is 0.895. The topological polar surface area (TPSA) is 79.2 Å². The molecule has 4 atom stereocenters. The summed E-state index contributed by atoms with van der Waals surface area (Å²) in [5.41, 5.74) is 0. The summed E-state index contributed by atoms with van der Waals surface area (Å²) in [6.45, 7) is 2.50. The van der Waals surface area contributed by atoms with Crippen LogP contribution in [0.3, 0.4) is 0 Å². The molecule has 1 fully saturated rings. The van der Waals surface area contributed by atoms with Gasteiger partial charge in [0.05, 0.1) is 19.8 Å². The summed E-state index contributed by atoms with van der Waals surface area (Å²) in [6, 6.07) is 0. The minimum absolute atomic E-state index is 0.245. The lowest BCUT2D eigenvalue weighted by Crippen LogP contribution is -2.41. The van der Waals surface area contributed by atoms with Gasteiger partial charge in [0.2, 0.25) is 0 Å². The Bertz CT molecular complexity index is 321. The largest absolute Gasteiger partial charge is 0.394 e. The summed E-state index contributed by atoms with van der Waals surface area (Å²) in [4.78, 5) is 0. The highest BCUT2D eigenvalue weighted by molar-refractivity contribution is 4.90. The highest BCUT2D eigenvalue weighted by atomic mass is 16.6. The lowest BCUT2D eigenvalue weighted by Gasteiger charge is -2.20. The highest BCUT2D eigenvalue weighted by Crippen LogP contribution is 2.20. The number of aliphatic hydroxyl groups is 3. The number of unbranched alkanes of at least 4 members (excludes halogenated alkanes) is 8. The summed E-state index contributed by atoms with van der Waals surface area (Å²) in [7, 11) is 0. The quantitative estimate of drug-likeness (QED) is 0.333. The maximum Gasteiger partial charge on any atom is 0.114 e. The maximum atomic E-state index is 9.98. The number of ether oxygens (including phenoxy) is 2. The van der Waals surface area contributed by atoms with Crippen LogP contribution >= 0.6 is 0 Å². The van der Waals surface area contributed by atoms with Crippen LogP contribution < -0.4 is 0 Å². The second-order valence-electron chi connectivity index (χ2n) is 6.65.